The largest absolute Gasteiger partial charge is 0.417 e. The van der Waals surface area contributed by atoms with Crippen LogP contribution in [-0.4, -0.2) is 21.5 Å². The molecule has 2 rings (SSSR count). The summed E-state index contributed by atoms with van der Waals surface area (Å²) in [5.74, 6) is 0.925. The number of rotatable bonds is 9. The highest BCUT2D eigenvalue weighted by atomic mass is 28.4. The average molecular weight is 376 g/mol. The van der Waals surface area contributed by atoms with Crippen molar-refractivity contribution in [2.24, 2.45) is 5.92 Å². The third-order valence-corrected chi connectivity index (χ3v) is 10.9. The van der Waals surface area contributed by atoms with E-state index < -0.39 is 8.32 Å². The lowest BCUT2D eigenvalue weighted by Gasteiger charge is -2.36. The zero-order valence-electron chi connectivity index (χ0n) is 17.9. The van der Waals surface area contributed by atoms with Gasteiger partial charge in [-0.2, -0.15) is 0 Å². The van der Waals surface area contributed by atoms with E-state index in [0.717, 1.165) is 32.0 Å². The van der Waals surface area contributed by atoms with Crippen molar-refractivity contribution in [3.63, 3.8) is 0 Å². The molecular weight excluding hydrogens is 334 g/mol. The van der Waals surface area contributed by atoms with Crippen LogP contribution in [0.5, 0.6) is 0 Å². The van der Waals surface area contributed by atoms with Gasteiger partial charge in [-0.1, -0.05) is 77.1 Å². The Balaban J connectivity index is 1.61. The first-order valence-corrected chi connectivity index (χ1v) is 13.6. The molecule has 1 fully saturated rings. The third kappa shape index (κ3) is 7.17. The van der Waals surface area contributed by atoms with Crippen LogP contribution >= 0.6 is 0 Å². The summed E-state index contributed by atoms with van der Waals surface area (Å²) < 4.78 is 6.23. The van der Waals surface area contributed by atoms with E-state index in [2.05, 4.69) is 63.4 Å². The molecule has 1 aromatic rings. The number of benzene rings is 1. The molecule has 0 amide bonds. The van der Waals surface area contributed by atoms with Crippen molar-refractivity contribution in [2.45, 2.75) is 90.4 Å². The van der Waals surface area contributed by atoms with Crippen molar-refractivity contribution in [3.05, 3.63) is 35.4 Å². The fraction of sp³-hybridized carbons (Fsp3) is 0.739. The maximum Gasteiger partial charge on any atom is 0.191 e. The molecule has 0 heterocycles. The molecule has 0 spiro atoms. The van der Waals surface area contributed by atoms with Gasteiger partial charge in [-0.3, -0.25) is 0 Å². The molecule has 0 saturated heterocycles. The Morgan fingerprint density at radius 2 is 1.62 bits per heavy atom. The maximum atomic E-state index is 6.23. The Hall–Kier alpha value is -0.643. The fourth-order valence-corrected chi connectivity index (χ4v) is 4.58. The van der Waals surface area contributed by atoms with E-state index in [9.17, 15) is 0 Å². The van der Waals surface area contributed by atoms with Crippen molar-refractivity contribution < 1.29 is 4.43 Å². The number of hydrogen-bond acceptors (Lipinski definition) is 2. The summed E-state index contributed by atoms with van der Waals surface area (Å²) in [6.07, 6.45) is 9.55. The normalized spacial score (nSPS) is 16.8. The van der Waals surface area contributed by atoms with E-state index in [1.54, 1.807) is 0 Å². The van der Waals surface area contributed by atoms with E-state index >= 15 is 0 Å². The van der Waals surface area contributed by atoms with Crippen LogP contribution in [0.2, 0.25) is 18.1 Å². The zero-order valence-corrected chi connectivity index (χ0v) is 18.9. The van der Waals surface area contributed by atoms with Crippen molar-refractivity contribution in [2.75, 3.05) is 13.2 Å². The molecule has 0 atom stereocenters. The molecule has 26 heavy (non-hydrogen) atoms. The Morgan fingerprint density at radius 3 is 2.23 bits per heavy atom. The molecule has 0 unspecified atom stereocenters. The van der Waals surface area contributed by atoms with Crippen LogP contribution in [0.15, 0.2) is 24.3 Å². The number of nitrogens with one attached hydrogen (secondary N) is 1. The molecule has 1 aliphatic carbocycles. The highest BCUT2D eigenvalue weighted by molar-refractivity contribution is 6.74. The standard InChI is InChI=1S/C23H41NOSi/c1-23(2,3)26(4,5)25-17-9-16-24-19-22-14-12-21(13-15-22)18-20-10-7-6-8-11-20/h12-15,20,24H,6-11,16-19H2,1-5H3. The molecule has 1 saturated carbocycles. The Bertz CT molecular complexity index is 512. The molecular formula is C23H41NOSi. The fourth-order valence-electron chi connectivity index (χ4n) is 3.49. The van der Waals surface area contributed by atoms with Crippen molar-refractivity contribution in [1.82, 2.24) is 5.32 Å². The van der Waals surface area contributed by atoms with Gasteiger partial charge in [0, 0.05) is 13.2 Å². The lowest BCUT2D eigenvalue weighted by Crippen LogP contribution is -2.41. The van der Waals surface area contributed by atoms with Crippen molar-refractivity contribution in [3.8, 4) is 0 Å². The minimum Gasteiger partial charge on any atom is -0.417 e. The van der Waals surface area contributed by atoms with Crippen LogP contribution in [0.3, 0.4) is 0 Å². The van der Waals surface area contributed by atoms with Gasteiger partial charge >= 0.3 is 0 Å². The summed E-state index contributed by atoms with van der Waals surface area (Å²) in [6, 6.07) is 9.28. The van der Waals surface area contributed by atoms with Gasteiger partial charge in [0.15, 0.2) is 8.32 Å². The molecule has 1 aromatic carbocycles. The minimum atomic E-state index is -1.58. The van der Waals surface area contributed by atoms with Crippen LogP contribution in [0, 0.1) is 5.92 Å². The highest BCUT2D eigenvalue weighted by Gasteiger charge is 2.36. The Kier molecular flexibility index (Phi) is 8.37. The quantitative estimate of drug-likeness (QED) is 0.403. The SMILES string of the molecule is CC(C)(C)[Si](C)(C)OCCCNCc1ccc(CC2CCCCC2)cc1. The summed E-state index contributed by atoms with van der Waals surface area (Å²) in [4.78, 5) is 0. The van der Waals surface area contributed by atoms with Crippen LogP contribution in [0.25, 0.3) is 0 Å². The first kappa shape index (κ1) is 21.7. The molecule has 0 aromatic heterocycles. The van der Waals surface area contributed by atoms with Crippen LogP contribution < -0.4 is 5.32 Å². The van der Waals surface area contributed by atoms with E-state index in [4.69, 9.17) is 4.43 Å². The van der Waals surface area contributed by atoms with Gasteiger partial charge in [0.25, 0.3) is 0 Å². The first-order valence-electron chi connectivity index (χ1n) is 10.7. The van der Waals surface area contributed by atoms with Gasteiger partial charge in [-0.05, 0) is 54.6 Å². The van der Waals surface area contributed by atoms with E-state index in [0.29, 0.717) is 5.04 Å². The van der Waals surface area contributed by atoms with E-state index in [1.165, 1.54) is 49.7 Å². The minimum absolute atomic E-state index is 0.305. The predicted octanol–water partition coefficient (Wildman–Crippen LogP) is 6.31. The lowest BCUT2D eigenvalue weighted by atomic mass is 9.85. The number of hydrogen-bond donors (Lipinski definition) is 1. The second kappa shape index (κ2) is 10.1. The molecule has 0 aliphatic heterocycles. The second-order valence-electron chi connectivity index (χ2n) is 9.66. The van der Waals surface area contributed by atoms with Gasteiger partial charge in [0.2, 0.25) is 0 Å². The summed E-state index contributed by atoms with van der Waals surface area (Å²) in [5.41, 5.74) is 2.91. The summed E-state index contributed by atoms with van der Waals surface area (Å²) in [5, 5.41) is 3.87. The van der Waals surface area contributed by atoms with Crippen LogP contribution in [0.1, 0.15) is 70.4 Å². The highest BCUT2D eigenvalue weighted by Crippen LogP contribution is 2.36. The van der Waals surface area contributed by atoms with Crippen LogP contribution in [-0.2, 0) is 17.4 Å². The van der Waals surface area contributed by atoms with Crippen LogP contribution in [0.4, 0.5) is 0 Å². The Labute approximate surface area is 163 Å². The summed E-state index contributed by atoms with van der Waals surface area (Å²) in [7, 11) is -1.58. The topological polar surface area (TPSA) is 21.3 Å². The summed E-state index contributed by atoms with van der Waals surface area (Å²) in [6.45, 7) is 14.4. The second-order valence-corrected chi connectivity index (χ2v) is 14.5. The van der Waals surface area contributed by atoms with Gasteiger partial charge in [-0.25, -0.2) is 0 Å². The van der Waals surface area contributed by atoms with Crippen molar-refractivity contribution in [1.29, 1.82) is 0 Å². The van der Waals surface area contributed by atoms with Gasteiger partial charge in [0.05, 0.1) is 0 Å². The molecule has 1 N–H and O–H groups in total. The predicted molar refractivity (Wildman–Crippen MR) is 116 cm³/mol. The Morgan fingerprint density at radius 1 is 1.00 bits per heavy atom. The average Bonchev–Trinajstić information content (AvgIpc) is 2.59. The lowest BCUT2D eigenvalue weighted by molar-refractivity contribution is 0.280. The van der Waals surface area contributed by atoms with E-state index in [-0.39, 0.29) is 0 Å². The third-order valence-electron chi connectivity index (χ3n) is 6.37. The zero-order chi connectivity index (χ0) is 19.0. The van der Waals surface area contributed by atoms with Gasteiger partial charge < -0.3 is 9.74 Å². The smallest absolute Gasteiger partial charge is 0.191 e. The molecule has 2 nitrogen and oxygen atoms in total. The molecule has 0 radical (unpaired) electrons. The van der Waals surface area contributed by atoms with Gasteiger partial charge in [0.1, 0.15) is 0 Å². The van der Waals surface area contributed by atoms with E-state index in [1.807, 2.05) is 0 Å². The van der Waals surface area contributed by atoms with Crippen molar-refractivity contribution >= 4 is 8.32 Å². The maximum absolute atomic E-state index is 6.23. The molecule has 3 heteroatoms. The first-order chi connectivity index (χ1) is 12.3. The summed E-state index contributed by atoms with van der Waals surface area (Å²) >= 11 is 0. The monoisotopic (exact) mass is 375 g/mol. The molecule has 148 valence electrons. The van der Waals surface area contributed by atoms with Gasteiger partial charge in [-0.15, -0.1) is 0 Å². The molecule has 0 bridgehead atoms. The molecule has 1 aliphatic rings.